The van der Waals surface area contributed by atoms with Gasteiger partial charge < -0.3 is 10.4 Å². The van der Waals surface area contributed by atoms with Crippen LogP contribution >= 0.6 is 11.3 Å². The molecule has 0 bridgehead atoms. The van der Waals surface area contributed by atoms with Gasteiger partial charge in [-0.1, -0.05) is 19.1 Å². The Morgan fingerprint density at radius 2 is 2.19 bits per heavy atom. The lowest BCUT2D eigenvalue weighted by Crippen LogP contribution is -2.54. The van der Waals surface area contributed by atoms with Gasteiger partial charge in [-0.3, -0.25) is 14.5 Å². The van der Waals surface area contributed by atoms with E-state index in [1.54, 1.807) is 11.4 Å². The van der Waals surface area contributed by atoms with Crippen molar-refractivity contribution in [1.82, 2.24) is 15.2 Å². The highest BCUT2D eigenvalue weighted by molar-refractivity contribution is 7.09. The Kier molecular flexibility index (Phi) is 6.18. The number of carbonyl (C=O) groups is 2. The largest absolute Gasteiger partial charge is 0.480 e. The molecule has 1 heterocycles. The Hall–Kier alpha value is -2.32. The van der Waals surface area contributed by atoms with Crippen molar-refractivity contribution in [3.63, 3.8) is 0 Å². The molecule has 6 nitrogen and oxygen atoms in total. The highest BCUT2D eigenvalue weighted by atomic mass is 32.1. The molecule has 0 spiro atoms. The number of aromatic nitrogens is 1. The minimum Gasteiger partial charge on any atom is -0.480 e. The maximum absolute atomic E-state index is 13.3. The molecule has 0 unspecified atom stereocenters. The lowest BCUT2D eigenvalue weighted by molar-refractivity contribution is -0.139. The molecule has 3 rings (SSSR count). The van der Waals surface area contributed by atoms with Crippen LogP contribution in [-0.4, -0.2) is 52.0 Å². The molecular weight excluding hydrogens is 369 g/mol. The molecule has 27 heavy (non-hydrogen) atoms. The lowest BCUT2D eigenvalue weighted by atomic mass is 9.85. The number of carboxylic acids is 1. The van der Waals surface area contributed by atoms with E-state index in [1.165, 1.54) is 23.5 Å². The van der Waals surface area contributed by atoms with E-state index in [0.29, 0.717) is 18.7 Å². The summed E-state index contributed by atoms with van der Waals surface area (Å²) >= 11 is 1.38. The third-order valence-corrected chi connectivity index (χ3v) is 5.59. The average molecular weight is 391 g/mol. The van der Waals surface area contributed by atoms with Crippen molar-refractivity contribution in [3.05, 3.63) is 51.7 Å². The maximum Gasteiger partial charge on any atom is 0.317 e. The molecule has 1 fully saturated rings. The maximum atomic E-state index is 13.3. The predicted octanol–water partition coefficient (Wildman–Crippen LogP) is 2.54. The van der Waals surface area contributed by atoms with Crippen LogP contribution in [0.5, 0.6) is 0 Å². The molecule has 0 aliphatic heterocycles. The predicted molar refractivity (Wildman–Crippen MR) is 100 cm³/mol. The van der Waals surface area contributed by atoms with Gasteiger partial charge in [0.25, 0.3) is 5.91 Å². The summed E-state index contributed by atoms with van der Waals surface area (Å²) in [7, 11) is 0. The molecule has 2 N–H and O–H groups in total. The summed E-state index contributed by atoms with van der Waals surface area (Å²) in [4.78, 5) is 29.5. The van der Waals surface area contributed by atoms with Gasteiger partial charge in [-0.15, -0.1) is 11.3 Å². The zero-order valence-electron chi connectivity index (χ0n) is 15.0. The molecule has 1 aromatic heterocycles. The topological polar surface area (TPSA) is 82.5 Å². The van der Waals surface area contributed by atoms with Crippen LogP contribution in [0.2, 0.25) is 0 Å². The van der Waals surface area contributed by atoms with Gasteiger partial charge in [-0.25, -0.2) is 9.37 Å². The fourth-order valence-corrected chi connectivity index (χ4v) is 4.06. The van der Waals surface area contributed by atoms with Gasteiger partial charge in [0.05, 0.1) is 11.6 Å². The smallest absolute Gasteiger partial charge is 0.317 e. The van der Waals surface area contributed by atoms with Gasteiger partial charge >= 0.3 is 5.97 Å². The first kappa shape index (κ1) is 19.4. The summed E-state index contributed by atoms with van der Waals surface area (Å²) in [6.07, 6.45) is 1.97. The number of hydrogen-bond acceptors (Lipinski definition) is 5. The van der Waals surface area contributed by atoms with Crippen LogP contribution in [0, 0.1) is 5.82 Å². The number of hydrogen-bond donors (Lipinski definition) is 2. The number of thiazole rings is 1. The summed E-state index contributed by atoms with van der Waals surface area (Å²) in [6.45, 7) is 2.63. The lowest BCUT2D eigenvalue weighted by Gasteiger charge is -2.42. The van der Waals surface area contributed by atoms with Gasteiger partial charge in [-0.2, -0.15) is 0 Å². The molecule has 8 heteroatoms. The monoisotopic (exact) mass is 391 g/mol. The highest BCUT2D eigenvalue weighted by Gasteiger charge is 2.35. The van der Waals surface area contributed by atoms with Gasteiger partial charge in [0.15, 0.2) is 0 Å². The normalized spacial score (nSPS) is 18.9. The Bertz CT molecular complexity index is 820. The number of carbonyl (C=O) groups excluding carboxylic acids is 1. The molecule has 1 aliphatic rings. The first-order valence-corrected chi connectivity index (χ1v) is 9.78. The third-order valence-electron chi connectivity index (χ3n) is 4.74. The zero-order valence-corrected chi connectivity index (χ0v) is 15.8. The highest BCUT2D eigenvalue weighted by Crippen LogP contribution is 2.26. The minimum absolute atomic E-state index is 0.0252. The number of likely N-dealkylation sites (N-methyl/N-ethyl adjacent to an activating group) is 1. The van der Waals surface area contributed by atoms with Crippen LogP contribution in [-0.2, 0) is 11.2 Å². The second-order valence-electron chi connectivity index (χ2n) is 6.69. The third kappa shape index (κ3) is 5.11. The number of carboxylic acid groups (broad SMARTS) is 1. The van der Waals surface area contributed by atoms with Crippen molar-refractivity contribution in [2.24, 2.45) is 0 Å². The van der Waals surface area contributed by atoms with E-state index in [2.05, 4.69) is 10.3 Å². The Morgan fingerprint density at radius 3 is 2.85 bits per heavy atom. The summed E-state index contributed by atoms with van der Waals surface area (Å²) in [5.41, 5.74) is 1.18. The quantitative estimate of drug-likeness (QED) is 0.723. The van der Waals surface area contributed by atoms with Crippen molar-refractivity contribution in [3.8, 4) is 0 Å². The van der Waals surface area contributed by atoms with Gasteiger partial charge in [-0.05, 0) is 37.1 Å². The molecule has 1 aromatic carbocycles. The minimum atomic E-state index is -0.836. The zero-order chi connectivity index (χ0) is 19.4. The number of halogens is 1. The number of amides is 1. The van der Waals surface area contributed by atoms with Crippen molar-refractivity contribution in [2.75, 3.05) is 13.1 Å². The van der Waals surface area contributed by atoms with Crippen LogP contribution in [0.25, 0.3) is 0 Å². The van der Waals surface area contributed by atoms with E-state index in [-0.39, 0.29) is 30.4 Å². The van der Waals surface area contributed by atoms with Gasteiger partial charge in [0.1, 0.15) is 11.5 Å². The summed E-state index contributed by atoms with van der Waals surface area (Å²) in [6, 6.07) is 6.57. The second-order valence-corrected chi connectivity index (χ2v) is 7.63. The molecule has 0 atom stereocenters. The molecule has 2 aromatic rings. The summed E-state index contributed by atoms with van der Waals surface area (Å²) in [5, 5.41) is 14.4. The van der Waals surface area contributed by atoms with Crippen molar-refractivity contribution >= 4 is 23.2 Å². The molecule has 144 valence electrons. The van der Waals surface area contributed by atoms with Crippen molar-refractivity contribution in [1.29, 1.82) is 0 Å². The summed E-state index contributed by atoms with van der Waals surface area (Å²) < 4.78 is 13.3. The molecular formula is C19H22FN3O3S. The van der Waals surface area contributed by atoms with E-state index in [0.717, 1.165) is 23.4 Å². The standard InChI is InChI=1S/C19H22FN3O3S/c1-2-23(10-18(24)25)15-8-14(9-15)21-19(26)16-11-27-17(22-16)7-12-4-3-5-13(20)6-12/h3-6,11,14-15H,2,7-10H2,1H3,(H,21,26)(H,24,25). The van der Waals surface area contributed by atoms with Crippen LogP contribution in [0.4, 0.5) is 4.39 Å². The second kappa shape index (κ2) is 8.58. The van der Waals surface area contributed by atoms with Crippen molar-refractivity contribution in [2.45, 2.75) is 38.3 Å². The van der Waals surface area contributed by atoms with E-state index < -0.39 is 5.97 Å². The first-order valence-electron chi connectivity index (χ1n) is 8.90. The van der Waals surface area contributed by atoms with E-state index >= 15 is 0 Å². The Labute approximate surface area is 161 Å². The SMILES string of the molecule is CCN(CC(=O)O)C1CC(NC(=O)c2csc(Cc3cccc(F)c3)n2)C1. The van der Waals surface area contributed by atoms with Gasteiger partial charge in [0.2, 0.25) is 0 Å². The number of aliphatic carboxylic acids is 1. The number of nitrogens with zero attached hydrogens (tertiary/aromatic N) is 2. The van der Waals surface area contributed by atoms with E-state index in [4.69, 9.17) is 5.11 Å². The first-order chi connectivity index (χ1) is 12.9. The average Bonchev–Trinajstić information content (AvgIpc) is 3.04. The molecule has 1 saturated carbocycles. The molecule has 0 saturated heterocycles. The number of benzene rings is 1. The fraction of sp³-hybridized carbons (Fsp3) is 0.421. The van der Waals surface area contributed by atoms with E-state index in [9.17, 15) is 14.0 Å². The molecule has 1 aliphatic carbocycles. The van der Waals surface area contributed by atoms with E-state index in [1.807, 2.05) is 17.9 Å². The molecule has 1 amide bonds. The van der Waals surface area contributed by atoms with Crippen molar-refractivity contribution < 1.29 is 19.1 Å². The van der Waals surface area contributed by atoms with Gasteiger partial charge in [0, 0.05) is 23.9 Å². The summed E-state index contributed by atoms with van der Waals surface area (Å²) in [5.74, 6) is -1.34. The van der Waals surface area contributed by atoms with Crippen LogP contribution in [0.3, 0.4) is 0 Å². The number of rotatable bonds is 8. The van der Waals surface area contributed by atoms with Crippen LogP contribution < -0.4 is 5.32 Å². The number of nitrogens with one attached hydrogen (secondary N) is 1. The van der Waals surface area contributed by atoms with Crippen LogP contribution in [0.1, 0.15) is 40.8 Å². The van der Waals surface area contributed by atoms with Crippen LogP contribution in [0.15, 0.2) is 29.6 Å². The Balaban J connectivity index is 1.50. The fourth-order valence-electron chi connectivity index (χ4n) is 3.25. The molecule has 0 radical (unpaired) electrons. The Morgan fingerprint density at radius 1 is 1.41 bits per heavy atom.